The smallest absolute Gasteiger partial charge is 0.0393 e. The molecule has 1 nitrogen and oxygen atoms in total. The van der Waals surface area contributed by atoms with Crippen molar-refractivity contribution in [3.05, 3.63) is 29.3 Å². The van der Waals surface area contributed by atoms with Crippen LogP contribution < -0.4 is 4.90 Å². The first kappa shape index (κ1) is 10.8. The Morgan fingerprint density at radius 2 is 2.00 bits per heavy atom. The second-order valence-corrected chi connectivity index (χ2v) is 4.48. The lowest BCUT2D eigenvalue weighted by Crippen LogP contribution is -2.20. The molecule has 0 unspecified atom stereocenters. The van der Waals surface area contributed by atoms with E-state index in [4.69, 9.17) is 0 Å². The largest absolute Gasteiger partial charge is 0.374 e. The first-order valence-electron chi connectivity index (χ1n) is 4.49. The van der Waals surface area contributed by atoms with Gasteiger partial charge in [-0.3, -0.25) is 0 Å². The number of alkyl halides is 1. The monoisotopic (exact) mass is 289 g/mol. The third kappa shape index (κ3) is 2.86. The van der Waals surface area contributed by atoms with Crippen LogP contribution in [0.15, 0.2) is 18.2 Å². The molecule has 0 spiro atoms. The van der Waals surface area contributed by atoms with Crippen LogP contribution in [0.2, 0.25) is 0 Å². The Morgan fingerprint density at radius 3 is 2.54 bits per heavy atom. The molecule has 1 aromatic carbocycles. The average Bonchev–Trinajstić information content (AvgIpc) is 2.04. The van der Waals surface area contributed by atoms with Gasteiger partial charge < -0.3 is 4.90 Å². The molecule has 2 heteroatoms. The maximum atomic E-state index is 2.41. The number of benzene rings is 1. The lowest BCUT2D eigenvalue weighted by Gasteiger charge is -2.20. The normalized spacial score (nSPS) is 10.2. The Kier molecular flexibility index (Phi) is 4.03. The Hall–Kier alpha value is -0.250. The van der Waals surface area contributed by atoms with Gasteiger partial charge in [-0.15, -0.1) is 0 Å². The van der Waals surface area contributed by atoms with E-state index in [0.29, 0.717) is 0 Å². The Morgan fingerprint density at radius 1 is 1.31 bits per heavy atom. The second kappa shape index (κ2) is 4.84. The Labute approximate surface area is 94.3 Å². The van der Waals surface area contributed by atoms with Crippen molar-refractivity contribution >= 4 is 28.3 Å². The van der Waals surface area contributed by atoms with Crippen molar-refractivity contribution in [2.75, 3.05) is 22.9 Å². The van der Waals surface area contributed by atoms with Gasteiger partial charge in [0.2, 0.25) is 0 Å². The molecule has 0 atom stereocenters. The van der Waals surface area contributed by atoms with Crippen LogP contribution >= 0.6 is 22.6 Å². The summed E-state index contributed by atoms with van der Waals surface area (Å²) in [5.74, 6) is 0. The highest BCUT2D eigenvalue weighted by molar-refractivity contribution is 14.1. The van der Waals surface area contributed by atoms with Crippen molar-refractivity contribution in [1.82, 2.24) is 0 Å². The lowest BCUT2D eigenvalue weighted by atomic mass is 10.1. The standard InChI is InChI=1S/C11H16IN/c1-9-4-5-11(10(2)8-9)13(3)7-6-12/h4-5,8H,6-7H2,1-3H3. The molecule has 0 heterocycles. The predicted molar refractivity (Wildman–Crippen MR) is 68.1 cm³/mol. The van der Waals surface area contributed by atoms with E-state index in [9.17, 15) is 0 Å². The van der Waals surface area contributed by atoms with E-state index < -0.39 is 0 Å². The molecule has 1 aromatic rings. The topological polar surface area (TPSA) is 3.24 Å². The number of hydrogen-bond donors (Lipinski definition) is 0. The maximum absolute atomic E-state index is 2.41. The van der Waals surface area contributed by atoms with E-state index in [0.717, 1.165) is 6.54 Å². The van der Waals surface area contributed by atoms with Gasteiger partial charge in [-0.25, -0.2) is 0 Å². The average molecular weight is 289 g/mol. The predicted octanol–water partition coefficient (Wildman–Crippen LogP) is 3.17. The molecule has 0 aromatic heterocycles. The van der Waals surface area contributed by atoms with Crippen molar-refractivity contribution in [3.63, 3.8) is 0 Å². The van der Waals surface area contributed by atoms with Gasteiger partial charge in [0.05, 0.1) is 0 Å². The van der Waals surface area contributed by atoms with Crippen LogP contribution in [0.25, 0.3) is 0 Å². The first-order valence-corrected chi connectivity index (χ1v) is 6.02. The van der Waals surface area contributed by atoms with Gasteiger partial charge in [-0.05, 0) is 25.5 Å². The summed E-state index contributed by atoms with van der Waals surface area (Å²) in [7, 11) is 2.15. The number of rotatable bonds is 3. The molecule has 0 saturated carbocycles. The molecule has 1 rings (SSSR count). The number of anilines is 1. The molecule has 0 aliphatic heterocycles. The van der Waals surface area contributed by atoms with Crippen molar-refractivity contribution in [1.29, 1.82) is 0 Å². The van der Waals surface area contributed by atoms with E-state index in [2.05, 4.69) is 66.6 Å². The maximum Gasteiger partial charge on any atom is 0.0393 e. The van der Waals surface area contributed by atoms with E-state index in [1.807, 2.05) is 0 Å². The molecule has 0 amide bonds. The highest BCUT2D eigenvalue weighted by atomic mass is 127. The number of halogens is 1. The van der Waals surface area contributed by atoms with Gasteiger partial charge >= 0.3 is 0 Å². The van der Waals surface area contributed by atoms with Crippen LogP contribution in [0, 0.1) is 13.8 Å². The molecular formula is C11H16IN. The summed E-state index contributed by atoms with van der Waals surface area (Å²) in [5, 5.41) is 0. The molecule has 72 valence electrons. The fourth-order valence-electron chi connectivity index (χ4n) is 1.48. The van der Waals surface area contributed by atoms with Crippen molar-refractivity contribution in [2.45, 2.75) is 13.8 Å². The number of hydrogen-bond acceptors (Lipinski definition) is 1. The SMILES string of the molecule is Cc1ccc(N(C)CCI)c(C)c1. The summed E-state index contributed by atoms with van der Waals surface area (Å²) in [6, 6.07) is 6.61. The quantitative estimate of drug-likeness (QED) is 0.610. The van der Waals surface area contributed by atoms with E-state index >= 15 is 0 Å². The summed E-state index contributed by atoms with van der Waals surface area (Å²) in [6.07, 6.45) is 0. The first-order chi connectivity index (χ1) is 6.15. The summed E-state index contributed by atoms with van der Waals surface area (Å²) < 4.78 is 1.17. The van der Waals surface area contributed by atoms with Crippen molar-refractivity contribution in [3.8, 4) is 0 Å². The fourth-order valence-corrected chi connectivity index (χ4v) is 2.20. The van der Waals surface area contributed by atoms with Gasteiger partial charge in [-0.1, -0.05) is 40.3 Å². The molecule has 0 N–H and O–H groups in total. The number of aryl methyl sites for hydroxylation is 2. The zero-order valence-electron chi connectivity index (χ0n) is 8.47. The van der Waals surface area contributed by atoms with Crippen LogP contribution in [-0.2, 0) is 0 Å². The minimum atomic E-state index is 1.12. The van der Waals surface area contributed by atoms with Crippen LogP contribution in [0.5, 0.6) is 0 Å². The summed E-state index contributed by atoms with van der Waals surface area (Å²) in [5.41, 5.74) is 4.05. The van der Waals surface area contributed by atoms with Gasteiger partial charge in [0, 0.05) is 23.7 Å². The van der Waals surface area contributed by atoms with Crippen molar-refractivity contribution in [2.24, 2.45) is 0 Å². The number of nitrogens with zero attached hydrogens (tertiary/aromatic N) is 1. The van der Waals surface area contributed by atoms with Crippen LogP contribution in [0.4, 0.5) is 5.69 Å². The second-order valence-electron chi connectivity index (χ2n) is 3.40. The van der Waals surface area contributed by atoms with Gasteiger partial charge in [0.25, 0.3) is 0 Å². The minimum Gasteiger partial charge on any atom is -0.374 e. The Bertz CT molecular complexity index is 283. The van der Waals surface area contributed by atoms with Gasteiger partial charge in [-0.2, -0.15) is 0 Å². The summed E-state index contributed by atoms with van der Waals surface area (Å²) in [6.45, 7) is 5.42. The van der Waals surface area contributed by atoms with E-state index in [-0.39, 0.29) is 0 Å². The van der Waals surface area contributed by atoms with Crippen LogP contribution in [-0.4, -0.2) is 18.0 Å². The molecule has 0 fully saturated rings. The van der Waals surface area contributed by atoms with E-state index in [1.165, 1.54) is 21.2 Å². The highest BCUT2D eigenvalue weighted by Crippen LogP contribution is 2.19. The van der Waals surface area contributed by atoms with Crippen LogP contribution in [0.1, 0.15) is 11.1 Å². The van der Waals surface area contributed by atoms with Crippen LogP contribution in [0.3, 0.4) is 0 Å². The molecular weight excluding hydrogens is 273 g/mol. The zero-order valence-corrected chi connectivity index (χ0v) is 10.6. The Balaban J connectivity index is 2.88. The molecule has 0 saturated heterocycles. The summed E-state index contributed by atoms with van der Waals surface area (Å²) >= 11 is 2.41. The molecule has 0 aliphatic carbocycles. The lowest BCUT2D eigenvalue weighted by molar-refractivity contribution is 0.978. The van der Waals surface area contributed by atoms with Gasteiger partial charge in [0.15, 0.2) is 0 Å². The molecule has 0 bridgehead atoms. The third-order valence-corrected chi connectivity index (χ3v) is 2.67. The van der Waals surface area contributed by atoms with Crippen molar-refractivity contribution < 1.29 is 0 Å². The van der Waals surface area contributed by atoms with E-state index in [1.54, 1.807) is 0 Å². The fraction of sp³-hybridized carbons (Fsp3) is 0.455. The zero-order chi connectivity index (χ0) is 9.84. The molecule has 13 heavy (non-hydrogen) atoms. The highest BCUT2D eigenvalue weighted by Gasteiger charge is 2.02. The minimum absolute atomic E-state index is 1.12. The van der Waals surface area contributed by atoms with Gasteiger partial charge in [0.1, 0.15) is 0 Å². The molecule has 0 radical (unpaired) electrons. The molecule has 0 aliphatic rings. The summed E-state index contributed by atoms with van der Waals surface area (Å²) in [4.78, 5) is 2.31. The third-order valence-electron chi connectivity index (χ3n) is 2.18.